The third-order valence-electron chi connectivity index (χ3n) is 7.65. The molecular formula is C34H40N4O4. The molecule has 2 heterocycles. The van der Waals surface area contributed by atoms with Gasteiger partial charge in [-0.05, 0) is 61.3 Å². The second kappa shape index (κ2) is 14.5. The van der Waals surface area contributed by atoms with Gasteiger partial charge in [0.05, 0.1) is 6.04 Å². The Morgan fingerprint density at radius 2 is 1.57 bits per heavy atom. The van der Waals surface area contributed by atoms with Gasteiger partial charge in [-0.2, -0.15) is 0 Å². The largest absolute Gasteiger partial charge is 0.483 e. The van der Waals surface area contributed by atoms with Crippen LogP contribution in [0, 0.1) is 5.92 Å². The van der Waals surface area contributed by atoms with Gasteiger partial charge < -0.3 is 20.7 Å². The minimum Gasteiger partial charge on any atom is -0.483 e. The summed E-state index contributed by atoms with van der Waals surface area (Å²) in [5.74, 6) is -0.778. The fraction of sp³-hybridized carbons (Fsp3) is 0.324. The van der Waals surface area contributed by atoms with E-state index < -0.39 is 30.1 Å². The molecule has 0 saturated heterocycles. The molecule has 0 saturated carbocycles. The third-order valence-corrected chi connectivity index (χ3v) is 7.65. The van der Waals surface area contributed by atoms with E-state index in [0.717, 1.165) is 11.1 Å². The Balaban J connectivity index is 1.77. The summed E-state index contributed by atoms with van der Waals surface area (Å²) in [7, 11) is 3.68. The predicted molar refractivity (Wildman–Crippen MR) is 164 cm³/mol. The molecule has 0 spiro atoms. The molecular weight excluding hydrogens is 528 g/mol. The topological polar surface area (TPSA) is 99.8 Å². The molecule has 0 unspecified atom stereocenters. The number of likely N-dealkylation sites (N-methyl/N-ethyl adjacent to an activating group) is 1. The van der Waals surface area contributed by atoms with E-state index in [-0.39, 0.29) is 17.7 Å². The van der Waals surface area contributed by atoms with Crippen molar-refractivity contribution in [3.05, 3.63) is 108 Å². The summed E-state index contributed by atoms with van der Waals surface area (Å²) in [6.07, 6.45) is 3.60. The molecule has 8 heteroatoms. The van der Waals surface area contributed by atoms with Crippen molar-refractivity contribution in [1.29, 1.82) is 0 Å². The van der Waals surface area contributed by atoms with Crippen LogP contribution in [-0.4, -0.2) is 54.8 Å². The van der Waals surface area contributed by atoms with E-state index in [2.05, 4.69) is 16.0 Å². The molecule has 3 aromatic rings. The van der Waals surface area contributed by atoms with Crippen LogP contribution in [0.3, 0.4) is 0 Å². The predicted octanol–water partition coefficient (Wildman–Crippen LogP) is 4.10. The number of amides is 3. The first-order valence-corrected chi connectivity index (χ1v) is 14.4. The lowest BCUT2D eigenvalue weighted by Gasteiger charge is -2.33. The molecule has 2 aliphatic rings. The first kappa shape index (κ1) is 30.5. The number of hydrogen-bond donors (Lipinski definition) is 3. The summed E-state index contributed by atoms with van der Waals surface area (Å²) < 4.78 is 6.48. The average molecular weight is 569 g/mol. The van der Waals surface area contributed by atoms with Crippen molar-refractivity contribution in [2.45, 2.75) is 50.9 Å². The maximum Gasteiger partial charge on any atom is 0.247 e. The molecule has 42 heavy (non-hydrogen) atoms. The molecule has 5 rings (SSSR count). The highest BCUT2D eigenvalue weighted by Crippen LogP contribution is 2.27. The molecule has 0 aliphatic carbocycles. The van der Waals surface area contributed by atoms with Crippen molar-refractivity contribution in [3.8, 4) is 5.75 Å². The van der Waals surface area contributed by atoms with Gasteiger partial charge in [0.2, 0.25) is 17.7 Å². The second-order valence-corrected chi connectivity index (χ2v) is 10.9. The number of benzene rings is 3. The summed E-state index contributed by atoms with van der Waals surface area (Å²) in [6, 6.07) is 23.9. The lowest BCUT2D eigenvalue weighted by atomic mass is 9.95. The highest BCUT2D eigenvalue weighted by molar-refractivity contribution is 5.94. The summed E-state index contributed by atoms with van der Waals surface area (Å²) in [6.45, 7) is 3.88. The molecule has 0 aromatic heterocycles. The van der Waals surface area contributed by atoms with Gasteiger partial charge in [0, 0.05) is 6.20 Å². The first-order valence-electron chi connectivity index (χ1n) is 14.4. The fourth-order valence-corrected chi connectivity index (χ4v) is 4.91. The zero-order valence-electron chi connectivity index (χ0n) is 24.6. The van der Waals surface area contributed by atoms with Crippen molar-refractivity contribution >= 4 is 23.8 Å². The van der Waals surface area contributed by atoms with Crippen LogP contribution in [0.2, 0.25) is 0 Å². The summed E-state index contributed by atoms with van der Waals surface area (Å²) in [5.41, 5.74) is 2.59. The van der Waals surface area contributed by atoms with Crippen molar-refractivity contribution < 1.29 is 19.1 Å². The average Bonchev–Trinajstić information content (AvgIpc) is 3.00. The number of carbonyl (C=O) groups is 3. The van der Waals surface area contributed by atoms with E-state index in [9.17, 15) is 14.4 Å². The minimum atomic E-state index is -1.14. The van der Waals surface area contributed by atoms with Crippen molar-refractivity contribution in [1.82, 2.24) is 20.9 Å². The highest BCUT2D eigenvalue weighted by atomic mass is 16.5. The second-order valence-electron chi connectivity index (χ2n) is 10.9. The Morgan fingerprint density at radius 1 is 0.929 bits per heavy atom. The quantitative estimate of drug-likeness (QED) is 0.380. The fourth-order valence-electron chi connectivity index (χ4n) is 4.91. The van der Waals surface area contributed by atoms with Crippen LogP contribution in [0.15, 0.2) is 91.1 Å². The zero-order chi connectivity index (χ0) is 30.1. The first-order chi connectivity index (χ1) is 20.3. The Morgan fingerprint density at radius 3 is 2.19 bits per heavy atom. The highest BCUT2D eigenvalue weighted by Gasteiger charge is 2.38. The number of hydrogen-bond acceptors (Lipinski definition) is 5. The Labute approximate surface area is 248 Å². The Hall–Kier alpha value is -4.43. The van der Waals surface area contributed by atoms with E-state index in [1.807, 2.05) is 106 Å². The van der Waals surface area contributed by atoms with Gasteiger partial charge in [-0.1, -0.05) is 93.1 Å². The number of nitrogens with one attached hydrogen (secondary N) is 3. The molecule has 2 bridgehead atoms. The van der Waals surface area contributed by atoms with Crippen LogP contribution in [0.25, 0.3) is 6.08 Å². The monoisotopic (exact) mass is 568 g/mol. The number of rotatable bonds is 8. The molecule has 0 fully saturated rings. The van der Waals surface area contributed by atoms with Gasteiger partial charge >= 0.3 is 0 Å². The zero-order valence-corrected chi connectivity index (χ0v) is 24.6. The molecule has 5 atom stereocenters. The van der Waals surface area contributed by atoms with Gasteiger partial charge in [0.15, 0.2) is 6.10 Å². The number of nitrogens with zero attached hydrogens (tertiary/aromatic N) is 1. The van der Waals surface area contributed by atoms with Crippen LogP contribution < -0.4 is 20.7 Å². The molecule has 2 aliphatic heterocycles. The van der Waals surface area contributed by atoms with Crippen molar-refractivity contribution in [2.24, 2.45) is 5.92 Å². The van der Waals surface area contributed by atoms with E-state index in [4.69, 9.17) is 4.74 Å². The van der Waals surface area contributed by atoms with Gasteiger partial charge in [-0.25, -0.2) is 0 Å². The molecule has 3 aromatic carbocycles. The molecule has 0 radical (unpaired) electrons. The van der Waals surface area contributed by atoms with Gasteiger partial charge in [0.25, 0.3) is 0 Å². The van der Waals surface area contributed by atoms with Crippen LogP contribution in [0.4, 0.5) is 0 Å². The van der Waals surface area contributed by atoms with Crippen LogP contribution in [-0.2, 0) is 20.8 Å². The number of carbonyl (C=O) groups excluding carboxylic acids is 3. The van der Waals surface area contributed by atoms with E-state index in [1.54, 1.807) is 24.4 Å². The summed E-state index contributed by atoms with van der Waals surface area (Å²) in [4.78, 5) is 43.2. The van der Waals surface area contributed by atoms with Gasteiger partial charge in [0.1, 0.15) is 17.8 Å². The van der Waals surface area contributed by atoms with Gasteiger partial charge in [-0.15, -0.1) is 0 Å². The number of fused-ring (bicyclic) bond motifs is 10. The SMILES string of the molecule is CC[C@H](C)[C@@H]1NC(=O)[C@@H](NC(=O)[C@H](Cc2ccccc2)N(C)C)[C@@H](c2ccccc2)Oc2ccc(cc2)/C=C\NC1=O. The van der Waals surface area contributed by atoms with Crippen LogP contribution in [0.1, 0.15) is 43.1 Å². The standard InChI is InChI=1S/C34H40N4O4/c1-5-23(2)29-33(40)35-21-20-24-16-18-27(19-17-24)42-31(26-14-10-7-11-15-26)30(34(41)36-29)37-32(39)28(38(3)4)22-25-12-8-6-9-13-25/h6-21,23,28-31H,5,22H2,1-4H3,(H,35,40)(H,36,41)(H,37,39)/b21-20-/t23-,28-,29-,30-,31+/m0/s1. The van der Waals surface area contributed by atoms with Crippen LogP contribution >= 0.6 is 0 Å². The normalized spacial score (nSPS) is 21.3. The lowest BCUT2D eigenvalue weighted by Crippen LogP contribution is -2.59. The molecule has 220 valence electrons. The van der Waals surface area contributed by atoms with Gasteiger partial charge in [-0.3, -0.25) is 19.3 Å². The Bertz CT molecular complexity index is 1360. The van der Waals surface area contributed by atoms with E-state index in [1.165, 1.54) is 0 Å². The number of ether oxygens (including phenoxy) is 1. The molecule has 3 amide bonds. The minimum absolute atomic E-state index is 0.159. The van der Waals surface area contributed by atoms with Crippen molar-refractivity contribution in [2.75, 3.05) is 14.1 Å². The van der Waals surface area contributed by atoms with Crippen LogP contribution in [0.5, 0.6) is 5.75 Å². The van der Waals surface area contributed by atoms with E-state index >= 15 is 0 Å². The van der Waals surface area contributed by atoms with E-state index in [0.29, 0.717) is 24.2 Å². The third kappa shape index (κ3) is 7.85. The lowest BCUT2D eigenvalue weighted by molar-refractivity contribution is -0.136. The summed E-state index contributed by atoms with van der Waals surface area (Å²) in [5, 5.41) is 8.77. The molecule has 8 nitrogen and oxygen atoms in total. The van der Waals surface area contributed by atoms with Crippen molar-refractivity contribution in [3.63, 3.8) is 0 Å². The maximum absolute atomic E-state index is 14.2. The maximum atomic E-state index is 14.2. The smallest absolute Gasteiger partial charge is 0.247 e. The summed E-state index contributed by atoms with van der Waals surface area (Å²) >= 11 is 0. The molecule has 3 N–H and O–H groups in total. The Kier molecular flexibility index (Phi) is 10.5.